The molecule has 0 atom stereocenters. The molecular weight excluding hydrogens is 371 g/mol. The molecule has 0 aliphatic rings. The van der Waals surface area contributed by atoms with E-state index in [1.54, 1.807) is 12.1 Å². The summed E-state index contributed by atoms with van der Waals surface area (Å²) in [4.78, 5) is 12.0. The first-order valence-corrected chi connectivity index (χ1v) is 8.76. The van der Waals surface area contributed by atoms with Crippen molar-refractivity contribution in [1.29, 1.82) is 0 Å². The predicted octanol–water partition coefficient (Wildman–Crippen LogP) is 3.57. The lowest BCUT2D eigenvalue weighted by Crippen LogP contribution is -2.19. The lowest BCUT2D eigenvalue weighted by atomic mass is 10.2. The standard InChI is InChI=1S/C17H14F3NO4S/c1-12-5-7-15(8-6-12)26(23,24)10-9-21-16(22)13-3-2-4-14(11-13)25-17(18,19)20/h2-11H,1H3,(H,21,22)/b10-9-. The van der Waals surface area contributed by atoms with Crippen molar-refractivity contribution in [1.82, 2.24) is 5.32 Å². The van der Waals surface area contributed by atoms with Crippen LogP contribution < -0.4 is 10.1 Å². The van der Waals surface area contributed by atoms with Gasteiger partial charge in [0.15, 0.2) is 0 Å². The molecule has 26 heavy (non-hydrogen) atoms. The molecule has 0 aliphatic carbocycles. The number of carbonyl (C=O) groups excluding carboxylic acids is 1. The van der Waals surface area contributed by atoms with Crippen LogP contribution in [0, 0.1) is 6.92 Å². The maximum atomic E-state index is 12.2. The van der Waals surface area contributed by atoms with Crippen LogP contribution in [0.25, 0.3) is 0 Å². The van der Waals surface area contributed by atoms with Crippen molar-refractivity contribution >= 4 is 15.7 Å². The molecular formula is C17H14F3NO4S. The maximum absolute atomic E-state index is 12.2. The lowest BCUT2D eigenvalue weighted by molar-refractivity contribution is -0.274. The highest BCUT2D eigenvalue weighted by Gasteiger charge is 2.31. The van der Waals surface area contributed by atoms with Gasteiger partial charge in [-0.2, -0.15) is 0 Å². The van der Waals surface area contributed by atoms with Gasteiger partial charge in [0.1, 0.15) is 5.75 Å². The smallest absolute Gasteiger partial charge is 0.406 e. The lowest BCUT2D eigenvalue weighted by Gasteiger charge is -2.09. The van der Waals surface area contributed by atoms with E-state index in [4.69, 9.17) is 0 Å². The highest BCUT2D eigenvalue weighted by Crippen LogP contribution is 2.23. The van der Waals surface area contributed by atoms with Crippen molar-refractivity contribution in [2.75, 3.05) is 0 Å². The van der Waals surface area contributed by atoms with Gasteiger partial charge in [-0.25, -0.2) is 8.42 Å². The molecule has 0 saturated carbocycles. The van der Waals surface area contributed by atoms with E-state index in [0.29, 0.717) is 0 Å². The molecule has 0 spiro atoms. The van der Waals surface area contributed by atoms with E-state index in [0.717, 1.165) is 29.3 Å². The van der Waals surface area contributed by atoms with Gasteiger partial charge in [-0.05, 0) is 37.3 Å². The van der Waals surface area contributed by atoms with Crippen LogP contribution in [0.4, 0.5) is 13.2 Å². The van der Waals surface area contributed by atoms with E-state index in [2.05, 4.69) is 10.1 Å². The van der Waals surface area contributed by atoms with E-state index in [1.165, 1.54) is 24.3 Å². The van der Waals surface area contributed by atoms with Crippen LogP contribution in [0.1, 0.15) is 15.9 Å². The van der Waals surface area contributed by atoms with Crippen molar-refractivity contribution in [3.8, 4) is 5.75 Å². The van der Waals surface area contributed by atoms with Crippen molar-refractivity contribution in [2.45, 2.75) is 18.2 Å². The van der Waals surface area contributed by atoms with Crippen LogP contribution in [0.2, 0.25) is 0 Å². The van der Waals surface area contributed by atoms with Crippen LogP contribution in [-0.2, 0) is 9.84 Å². The number of ether oxygens (including phenoxy) is 1. The fourth-order valence-corrected chi connectivity index (χ4v) is 2.84. The summed E-state index contributed by atoms with van der Waals surface area (Å²) >= 11 is 0. The second-order valence-corrected chi connectivity index (χ2v) is 7.04. The Labute approximate surface area is 148 Å². The first-order chi connectivity index (χ1) is 12.1. The van der Waals surface area contributed by atoms with Gasteiger partial charge in [-0.3, -0.25) is 4.79 Å². The zero-order chi connectivity index (χ0) is 19.4. The van der Waals surface area contributed by atoms with E-state index in [-0.39, 0.29) is 10.5 Å². The molecule has 0 bridgehead atoms. The fourth-order valence-electron chi connectivity index (χ4n) is 1.92. The highest BCUT2D eigenvalue weighted by atomic mass is 32.2. The Morgan fingerprint density at radius 2 is 1.77 bits per heavy atom. The van der Waals surface area contributed by atoms with Crippen molar-refractivity contribution in [3.05, 3.63) is 71.3 Å². The first-order valence-electron chi connectivity index (χ1n) is 7.22. The molecule has 0 radical (unpaired) electrons. The third kappa shape index (κ3) is 5.62. The molecule has 0 fully saturated rings. The van der Waals surface area contributed by atoms with Gasteiger partial charge >= 0.3 is 6.36 Å². The first kappa shape index (κ1) is 19.5. The van der Waals surface area contributed by atoms with Crippen LogP contribution >= 0.6 is 0 Å². The molecule has 1 amide bonds. The maximum Gasteiger partial charge on any atom is 0.573 e. The summed E-state index contributed by atoms with van der Waals surface area (Å²) in [6.07, 6.45) is -3.97. The number of hydrogen-bond donors (Lipinski definition) is 1. The summed E-state index contributed by atoms with van der Waals surface area (Å²) in [6.45, 7) is 1.81. The molecule has 5 nitrogen and oxygen atoms in total. The van der Waals surface area contributed by atoms with Gasteiger partial charge in [-0.1, -0.05) is 23.8 Å². The summed E-state index contributed by atoms with van der Waals surface area (Å²) in [7, 11) is -3.76. The largest absolute Gasteiger partial charge is 0.573 e. The van der Waals surface area contributed by atoms with E-state index < -0.39 is 27.9 Å². The van der Waals surface area contributed by atoms with Crippen molar-refractivity contribution in [3.63, 3.8) is 0 Å². The SMILES string of the molecule is Cc1ccc(S(=O)(=O)/C=C\NC(=O)c2cccc(OC(F)(F)F)c2)cc1. The Balaban J connectivity index is 2.07. The zero-order valence-corrected chi connectivity index (χ0v) is 14.3. The Morgan fingerprint density at radius 3 is 2.38 bits per heavy atom. The zero-order valence-electron chi connectivity index (χ0n) is 13.4. The minimum Gasteiger partial charge on any atom is -0.406 e. The Kier molecular flexibility index (Phi) is 5.71. The van der Waals surface area contributed by atoms with Crippen LogP contribution in [0.5, 0.6) is 5.75 Å². The molecule has 2 rings (SSSR count). The number of rotatable bonds is 5. The van der Waals surface area contributed by atoms with Gasteiger partial charge in [0.2, 0.25) is 9.84 Å². The molecule has 1 N–H and O–H groups in total. The minimum absolute atomic E-state index is 0.0502. The highest BCUT2D eigenvalue weighted by molar-refractivity contribution is 7.94. The van der Waals surface area contributed by atoms with Gasteiger partial charge in [0, 0.05) is 11.8 Å². The van der Waals surface area contributed by atoms with E-state index >= 15 is 0 Å². The number of amides is 1. The number of hydrogen-bond acceptors (Lipinski definition) is 4. The second-order valence-electron chi connectivity index (χ2n) is 5.21. The van der Waals surface area contributed by atoms with E-state index in [1.807, 2.05) is 6.92 Å². The number of alkyl halides is 3. The van der Waals surface area contributed by atoms with Gasteiger partial charge in [-0.15, -0.1) is 13.2 Å². The van der Waals surface area contributed by atoms with Crippen LogP contribution in [0.3, 0.4) is 0 Å². The topological polar surface area (TPSA) is 72.5 Å². The Hall–Kier alpha value is -2.81. The number of sulfone groups is 1. The molecule has 0 heterocycles. The normalized spacial score (nSPS) is 12.2. The molecule has 0 aliphatic heterocycles. The number of benzene rings is 2. The number of nitrogens with one attached hydrogen (secondary N) is 1. The summed E-state index contributed by atoms with van der Waals surface area (Å²) < 4.78 is 64.5. The summed E-state index contributed by atoms with van der Waals surface area (Å²) in [5.41, 5.74) is 0.770. The van der Waals surface area contributed by atoms with Gasteiger partial charge in [0.25, 0.3) is 5.91 Å². The average molecular weight is 385 g/mol. The number of halogens is 3. The summed E-state index contributed by atoms with van der Waals surface area (Å²) in [5, 5.41) is 2.99. The Morgan fingerprint density at radius 1 is 1.12 bits per heavy atom. The van der Waals surface area contributed by atoms with Gasteiger partial charge in [0.05, 0.1) is 10.3 Å². The molecule has 9 heteroatoms. The molecule has 138 valence electrons. The fraction of sp³-hybridized carbons (Fsp3) is 0.118. The van der Waals surface area contributed by atoms with E-state index in [9.17, 15) is 26.4 Å². The predicted molar refractivity (Wildman–Crippen MR) is 88.1 cm³/mol. The van der Waals surface area contributed by atoms with Gasteiger partial charge < -0.3 is 10.1 Å². The van der Waals surface area contributed by atoms with Crippen molar-refractivity contribution in [2.24, 2.45) is 0 Å². The Bertz CT molecular complexity index is 920. The third-order valence-corrected chi connectivity index (χ3v) is 4.56. The summed E-state index contributed by atoms with van der Waals surface area (Å²) in [5.74, 6) is -1.34. The number of carbonyl (C=O) groups is 1. The van der Waals surface area contributed by atoms with Crippen LogP contribution in [0.15, 0.2) is 65.0 Å². The monoisotopic (exact) mass is 385 g/mol. The van der Waals surface area contributed by atoms with Crippen molar-refractivity contribution < 1.29 is 31.1 Å². The molecule has 2 aromatic rings. The number of aryl methyl sites for hydroxylation is 1. The summed E-state index contributed by atoms with van der Waals surface area (Å²) in [6, 6.07) is 10.5. The third-order valence-electron chi connectivity index (χ3n) is 3.14. The molecule has 0 aromatic heterocycles. The molecule has 2 aromatic carbocycles. The van der Waals surface area contributed by atoms with Crippen LogP contribution in [-0.4, -0.2) is 20.7 Å². The molecule has 0 unspecified atom stereocenters. The second kappa shape index (κ2) is 7.61. The quantitative estimate of drug-likeness (QED) is 0.854. The average Bonchev–Trinajstić information content (AvgIpc) is 2.53. The molecule has 0 saturated heterocycles. The minimum atomic E-state index is -4.88.